The van der Waals surface area contributed by atoms with Crippen molar-refractivity contribution in [2.75, 3.05) is 13.2 Å². The molecule has 3 heterocycles. The van der Waals surface area contributed by atoms with Crippen molar-refractivity contribution in [3.05, 3.63) is 65.6 Å². The summed E-state index contributed by atoms with van der Waals surface area (Å²) in [7, 11) is 0. The van der Waals surface area contributed by atoms with Crippen molar-refractivity contribution in [3.8, 4) is 5.75 Å². The SMILES string of the molecule is O=C(NCC1=NOC(COc2ccc(Cl)cc2)C1)c1ccc2nccn2c1. The fraction of sp³-hybridized carbons (Fsp3) is 0.211. The molecule has 3 aromatic rings. The Labute approximate surface area is 160 Å². The molecule has 138 valence electrons. The van der Waals surface area contributed by atoms with Crippen LogP contribution < -0.4 is 10.1 Å². The van der Waals surface area contributed by atoms with Gasteiger partial charge in [-0.2, -0.15) is 0 Å². The molecule has 2 aromatic heterocycles. The number of fused-ring (bicyclic) bond motifs is 1. The normalized spacial score (nSPS) is 16.0. The zero-order valence-electron chi connectivity index (χ0n) is 14.3. The van der Waals surface area contributed by atoms with Crippen molar-refractivity contribution < 1.29 is 14.4 Å². The molecule has 1 aliphatic heterocycles. The first-order chi connectivity index (χ1) is 13.2. The molecule has 7 nitrogen and oxygen atoms in total. The van der Waals surface area contributed by atoms with E-state index >= 15 is 0 Å². The topological polar surface area (TPSA) is 77.2 Å². The molecule has 0 fully saturated rings. The van der Waals surface area contributed by atoms with Crippen molar-refractivity contribution in [1.82, 2.24) is 14.7 Å². The van der Waals surface area contributed by atoms with Gasteiger partial charge >= 0.3 is 0 Å². The molecule has 0 aliphatic carbocycles. The van der Waals surface area contributed by atoms with Crippen LogP contribution in [0.15, 0.2) is 60.1 Å². The van der Waals surface area contributed by atoms with Gasteiger partial charge in [-0.3, -0.25) is 4.79 Å². The van der Waals surface area contributed by atoms with Gasteiger partial charge < -0.3 is 19.3 Å². The predicted molar refractivity (Wildman–Crippen MR) is 101 cm³/mol. The van der Waals surface area contributed by atoms with Crippen LogP contribution in [0, 0.1) is 0 Å². The monoisotopic (exact) mass is 384 g/mol. The molecule has 1 aromatic carbocycles. The van der Waals surface area contributed by atoms with E-state index in [9.17, 15) is 4.79 Å². The summed E-state index contributed by atoms with van der Waals surface area (Å²) in [6.07, 6.45) is 5.66. The molecule has 1 atom stereocenters. The number of hydrogen-bond acceptors (Lipinski definition) is 5. The zero-order valence-corrected chi connectivity index (χ0v) is 15.1. The molecule has 0 bridgehead atoms. The van der Waals surface area contributed by atoms with Crippen LogP contribution in [0.3, 0.4) is 0 Å². The Morgan fingerprint density at radius 3 is 3.00 bits per heavy atom. The van der Waals surface area contributed by atoms with Gasteiger partial charge in [-0.25, -0.2) is 4.98 Å². The highest BCUT2D eigenvalue weighted by molar-refractivity contribution is 6.30. The summed E-state index contributed by atoms with van der Waals surface area (Å²) in [4.78, 5) is 21.8. The van der Waals surface area contributed by atoms with Crippen LogP contribution in [-0.4, -0.2) is 40.3 Å². The van der Waals surface area contributed by atoms with Crippen molar-refractivity contribution in [2.24, 2.45) is 5.16 Å². The summed E-state index contributed by atoms with van der Waals surface area (Å²) < 4.78 is 7.47. The van der Waals surface area contributed by atoms with Crippen molar-refractivity contribution in [2.45, 2.75) is 12.5 Å². The van der Waals surface area contributed by atoms with Gasteiger partial charge in [-0.1, -0.05) is 16.8 Å². The number of hydrogen-bond donors (Lipinski definition) is 1. The molecule has 1 N–H and O–H groups in total. The van der Waals surface area contributed by atoms with Gasteiger partial charge in [0.05, 0.1) is 17.8 Å². The van der Waals surface area contributed by atoms with E-state index in [0.29, 0.717) is 30.2 Å². The highest BCUT2D eigenvalue weighted by Crippen LogP contribution is 2.17. The number of carbonyl (C=O) groups excluding carboxylic acids is 1. The maximum absolute atomic E-state index is 12.3. The third-order valence-corrected chi connectivity index (χ3v) is 4.40. The quantitative estimate of drug-likeness (QED) is 0.708. The molecular weight excluding hydrogens is 368 g/mol. The van der Waals surface area contributed by atoms with Crippen LogP contribution in [0.4, 0.5) is 0 Å². The van der Waals surface area contributed by atoms with Crippen molar-refractivity contribution in [1.29, 1.82) is 0 Å². The van der Waals surface area contributed by atoms with Gasteiger partial charge in [0.25, 0.3) is 5.91 Å². The number of pyridine rings is 1. The van der Waals surface area contributed by atoms with Crippen molar-refractivity contribution >= 4 is 28.9 Å². The fourth-order valence-electron chi connectivity index (χ4n) is 2.74. The minimum Gasteiger partial charge on any atom is -0.490 e. The number of nitrogens with one attached hydrogen (secondary N) is 1. The minimum absolute atomic E-state index is 0.171. The molecule has 8 heteroatoms. The van der Waals surface area contributed by atoms with E-state index in [1.54, 1.807) is 59.4 Å². The Kier molecular flexibility index (Phi) is 4.93. The Morgan fingerprint density at radius 2 is 2.15 bits per heavy atom. The van der Waals surface area contributed by atoms with E-state index in [4.69, 9.17) is 21.2 Å². The third kappa shape index (κ3) is 4.20. The van der Waals surface area contributed by atoms with Gasteiger partial charge in [-0.05, 0) is 36.4 Å². The lowest BCUT2D eigenvalue weighted by atomic mass is 10.2. The van der Waals surface area contributed by atoms with Gasteiger partial charge in [0.15, 0.2) is 6.10 Å². The van der Waals surface area contributed by atoms with Crippen molar-refractivity contribution in [3.63, 3.8) is 0 Å². The van der Waals surface area contributed by atoms with Crippen LogP contribution in [0.2, 0.25) is 5.02 Å². The van der Waals surface area contributed by atoms with Crippen LogP contribution >= 0.6 is 11.6 Å². The number of ether oxygens (including phenoxy) is 1. The average Bonchev–Trinajstić information content (AvgIpc) is 3.34. The lowest BCUT2D eigenvalue weighted by Gasteiger charge is -2.10. The van der Waals surface area contributed by atoms with Crippen LogP contribution in [0.5, 0.6) is 5.75 Å². The highest BCUT2D eigenvalue weighted by Gasteiger charge is 2.22. The fourth-order valence-corrected chi connectivity index (χ4v) is 2.86. The van der Waals surface area contributed by atoms with Crippen LogP contribution in [0.25, 0.3) is 5.65 Å². The molecule has 0 saturated carbocycles. The number of aromatic nitrogens is 2. The number of amides is 1. The molecule has 0 radical (unpaired) electrons. The standard InChI is InChI=1S/C19H17ClN4O3/c20-14-2-4-16(5-3-14)26-12-17-9-15(23-27-17)10-22-19(25)13-1-6-18-21-7-8-24(18)11-13/h1-8,11,17H,9-10,12H2,(H,22,25). The summed E-state index contributed by atoms with van der Waals surface area (Å²) in [5, 5.41) is 7.56. The van der Waals surface area contributed by atoms with E-state index in [0.717, 1.165) is 17.1 Å². The number of nitrogens with zero attached hydrogens (tertiary/aromatic N) is 3. The summed E-state index contributed by atoms with van der Waals surface area (Å²) >= 11 is 5.85. The Balaban J connectivity index is 1.24. The number of carbonyl (C=O) groups is 1. The molecule has 4 rings (SSSR count). The second-order valence-electron chi connectivity index (χ2n) is 6.15. The zero-order chi connectivity index (χ0) is 18.6. The minimum atomic E-state index is -0.172. The smallest absolute Gasteiger partial charge is 0.253 e. The second kappa shape index (κ2) is 7.67. The maximum atomic E-state index is 12.3. The Bertz CT molecular complexity index is 984. The summed E-state index contributed by atoms with van der Waals surface area (Å²) in [6, 6.07) is 10.7. The molecule has 0 saturated heterocycles. The van der Waals surface area contributed by atoms with E-state index in [-0.39, 0.29) is 12.0 Å². The first-order valence-corrected chi connectivity index (χ1v) is 8.86. The predicted octanol–water partition coefficient (Wildman–Crippen LogP) is 2.94. The van der Waals surface area contributed by atoms with Gasteiger partial charge in [0, 0.05) is 30.0 Å². The number of rotatable bonds is 6. The molecular formula is C19H17ClN4O3. The Hall–Kier alpha value is -3.06. The molecule has 1 unspecified atom stereocenters. The number of halogens is 1. The van der Waals surface area contributed by atoms with Gasteiger partial charge in [-0.15, -0.1) is 0 Å². The largest absolute Gasteiger partial charge is 0.490 e. The highest BCUT2D eigenvalue weighted by atomic mass is 35.5. The van der Waals surface area contributed by atoms with E-state index in [1.165, 1.54) is 0 Å². The second-order valence-corrected chi connectivity index (χ2v) is 6.58. The van der Waals surface area contributed by atoms with Crippen LogP contribution in [0.1, 0.15) is 16.8 Å². The average molecular weight is 385 g/mol. The molecule has 1 amide bonds. The first kappa shape index (κ1) is 17.4. The van der Waals surface area contributed by atoms with E-state index in [1.807, 2.05) is 0 Å². The number of imidazole rings is 1. The van der Waals surface area contributed by atoms with Gasteiger partial charge in [0.2, 0.25) is 0 Å². The Morgan fingerprint density at radius 1 is 1.30 bits per heavy atom. The summed E-state index contributed by atoms with van der Waals surface area (Å²) in [5.74, 6) is 0.550. The van der Waals surface area contributed by atoms with Gasteiger partial charge in [0.1, 0.15) is 18.0 Å². The molecule has 0 spiro atoms. The molecule has 27 heavy (non-hydrogen) atoms. The van der Waals surface area contributed by atoms with E-state index in [2.05, 4.69) is 15.5 Å². The van der Waals surface area contributed by atoms with E-state index < -0.39 is 0 Å². The third-order valence-electron chi connectivity index (χ3n) is 4.15. The summed E-state index contributed by atoms with van der Waals surface area (Å²) in [5.41, 5.74) is 2.13. The first-order valence-electron chi connectivity index (χ1n) is 8.48. The number of benzene rings is 1. The summed E-state index contributed by atoms with van der Waals surface area (Å²) in [6.45, 7) is 0.706. The molecule has 1 aliphatic rings. The lowest BCUT2D eigenvalue weighted by Crippen LogP contribution is -2.30. The number of oxime groups is 1. The maximum Gasteiger partial charge on any atom is 0.253 e. The lowest BCUT2D eigenvalue weighted by molar-refractivity contribution is 0.0471. The van der Waals surface area contributed by atoms with Crippen LogP contribution in [-0.2, 0) is 4.84 Å².